The summed E-state index contributed by atoms with van der Waals surface area (Å²) in [5.74, 6) is -2.87. The first kappa shape index (κ1) is 25.3. The second kappa shape index (κ2) is 11.0. The van der Waals surface area contributed by atoms with Gasteiger partial charge in [-0.25, -0.2) is 18.6 Å². The first-order valence-corrected chi connectivity index (χ1v) is 12.2. The van der Waals surface area contributed by atoms with Crippen LogP contribution in [0.1, 0.15) is 39.3 Å². The van der Waals surface area contributed by atoms with Gasteiger partial charge in [-0.2, -0.15) is 0 Å². The molecule has 0 bridgehead atoms. The summed E-state index contributed by atoms with van der Waals surface area (Å²) in [6, 6.07) is 14.1. The van der Waals surface area contributed by atoms with Crippen LogP contribution in [0.4, 0.5) is 20.2 Å². The van der Waals surface area contributed by atoms with Crippen molar-refractivity contribution in [2.24, 2.45) is 0 Å². The minimum atomic E-state index is -0.933. The van der Waals surface area contributed by atoms with Gasteiger partial charge in [-0.05, 0) is 48.7 Å². The predicted octanol–water partition coefficient (Wildman–Crippen LogP) is 5.14. The number of esters is 1. The lowest BCUT2D eigenvalue weighted by atomic mass is 10.2. The molecule has 1 aliphatic heterocycles. The van der Waals surface area contributed by atoms with Crippen LogP contribution in [0.3, 0.4) is 0 Å². The van der Waals surface area contributed by atoms with Crippen molar-refractivity contribution >= 4 is 34.3 Å². The SMILES string of the molecule is COC(=O)c1c(NC(=O)c2ccccc2)c2cc(NCc3ccc(F)c(F)c3)cnc2n1C[C@H]1CCCO1. The van der Waals surface area contributed by atoms with Gasteiger partial charge < -0.3 is 24.7 Å². The van der Waals surface area contributed by atoms with E-state index in [-0.39, 0.29) is 24.0 Å². The minimum Gasteiger partial charge on any atom is -0.464 e. The lowest BCUT2D eigenvalue weighted by molar-refractivity contribution is 0.0580. The Bertz CT molecular complexity index is 1480. The maximum atomic E-state index is 13.6. The van der Waals surface area contributed by atoms with E-state index in [9.17, 15) is 18.4 Å². The van der Waals surface area contributed by atoms with Gasteiger partial charge in [0.15, 0.2) is 17.3 Å². The molecule has 1 atom stereocenters. The fourth-order valence-corrected chi connectivity index (χ4v) is 4.56. The number of nitrogens with one attached hydrogen (secondary N) is 2. The third-order valence-electron chi connectivity index (χ3n) is 6.44. The van der Waals surface area contributed by atoms with E-state index in [1.807, 2.05) is 0 Å². The fourth-order valence-electron chi connectivity index (χ4n) is 4.56. The van der Waals surface area contributed by atoms with Crippen LogP contribution in [-0.2, 0) is 22.6 Å². The summed E-state index contributed by atoms with van der Waals surface area (Å²) in [6.07, 6.45) is 3.22. The average Bonchev–Trinajstić information content (AvgIpc) is 3.56. The zero-order valence-corrected chi connectivity index (χ0v) is 20.7. The molecule has 0 saturated carbocycles. The van der Waals surface area contributed by atoms with Crippen molar-refractivity contribution in [1.82, 2.24) is 9.55 Å². The van der Waals surface area contributed by atoms with Gasteiger partial charge in [-0.3, -0.25) is 4.79 Å². The first-order valence-electron chi connectivity index (χ1n) is 12.2. The van der Waals surface area contributed by atoms with E-state index < -0.39 is 23.5 Å². The largest absolute Gasteiger partial charge is 0.464 e. The normalized spacial score (nSPS) is 15.0. The van der Waals surface area contributed by atoms with Crippen molar-refractivity contribution in [3.63, 3.8) is 0 Å². The molecule has 0 radical (unpaired) electrons. The van der Waals surface area contributed by atoms with Crippen LogP contribution >= 0.6 is 0 Å². The number of hydrogen-bond donors (Lipinski definition) is 2. The molecule has 2 aromatic carbocycles. The Labute approximate surface area is 217 Å². The Morgan fingerprint density at radius 2 is 1.95 bits per heavy atom. The van der Waals surface area contributed by atoms with Crippen molar-refractivity contribution in [2.45, 2.75) is 32.0 Å². The Balaban J connectivity index is 1.56. The molecule has 10 heteroatoms. The van der Waals surface area contributed by atoms with E-state index in [2.05, 4.69) is 15.6 Å². The molecule has 0 aliphatic carbocycles. The Hall–Kier alpha value is -4.31. The average molecular weight is 521 g/mol. The van der Waals surface area contributed by atoms with Gasteiger partial charge in [0.25, 0.3) is 5.91 Å². The molecule has 38 heavy (non-hydrogen) atoms. The first-order chi connectivity index (χ1) is 18.4. The molecule has 2 N–H and O–H groups in total. The summed E-state index contributed by atoms with van der Waals surface area (Å²) in [4.78, 5) is 30.8. The highest BCUT2D eigenvalue weighted by Crippen LogP contribution is 2.34. The van der Waals surface area contributed by atoms with E-state index in [4.69, 9.17) is 9.47 Å². The van der Waals surface area contributed by atoms with Crippen molar-refractivity contribution < 1.29 is 27.8 Å². The summed E-state index contributed by atoms with van der Waals surface area (Å²) < 4.78 is 39.6. The molecule has 196 valence electrons. The number of fused-ring (bicyclic) bond motifs is 1. The summed E-state index contributed by atoms with van der Waals surface area (Å²) in [7, 11) is 1.28. The minimum absolute atomic E-state index is 0.111. The third kappa shape index (κ3) is 5.21. The molecule has 1 fully saturated rings. The van der Waals surface area contributed by atoms with E-state index in [1.165, 1.54) is 13.2 Å². The predicted molar refractivity (Wildman–Crippen MR) is 138 cm³/mol. The number of methoxy groups -OCH3 is 1. The van der Waals surface area contributed by atoms with Gasteiger partial charge in [0.1, 0.15) is 5.65 Å². The van der Waals surface area contributed by atoms with Gasteiger partial charge in [0, 0.05) is 24.1 Å². The van der Waals surface area contributed by atoms with Gasteiger partial charge in [0.05, 0.1) is 37.3 Å². The van der Waals surface area contributed by atoms with Crippen molar-refractivity contribution in [2.75, 3.05) is 24.4 Å². The fraction of sp³-hybridized carbons (Fsp3) is 0.250. The molecule has 1 amide bonds. The number of carbonyl (C=O) groups excluding carboxylic acids is 2. The van der Waals surface area contributed by atoms with Crippen molar-refractivity contribution in [3.8, 4) is 0 Å². The number of amides is 1. The highest BCUT2D eigenvalue weighted by atomic mass is 19.2. The summed E-state index contributed by atoms with van der Waals surface area (Å²) in [5.41, 5.74) is 2.41. The highest BCUT2D eigenvalue weighted by molar-refractivity contribution is 6.14. The monoisotopic (exact) mass is 520 g/mol. The molecule has 4 aromatic rings. The van der Waals surface area contributed by atoms with Gasteiger partial charge in [0.2, 0.25) is 0 Å². The quantitative estimate of drug-likeness (QED) is 0.312. The smallest absolute Gasteiger partial charge is 0.356 e. The number of hydrogen-bond acceptors (Lipinski definition) is 6. The van der Waals surface area contributed by atoms with Crippen LogP contribution in [0.15, 0.2) is 60.8 Å². The Kier molecular flexibility index (Phi) is 7.32. The molecule has 1 aliphatic rings. The van der Waals surface area contributed by atoms with Gasteiger partial charge >= 0.3 is 5.97 Å². The third-order valence-corrected chi connectivity index (χ3v) is 6.44. The summed E-state index contributed by atoms with van der Waals surface area (Å²) in [6.45, 7) is 1.20. The maximum Gasteiger partial charge on any atom is 0.356 e. The number of rotatable bonds is 8. The number of benzene rings is 2. The van der Waals surface area contributed by atoms with E-state index in [0.29, 0.717) is 41.0 Å². The topological polar surface area (TPSA) is 94.5 Å². The Morgan fingerprint density at radius 3 is 2.66 bits per heavy atom. The number of ether oxygens (including phenoxy) is 2. The second-order valence-corrected chi connectivity index (χ2v) is 8.98. The maximum absolute atomic E-state index is 13.6. The van der Waals surface area contributed by atoms with Crippen molar-refractivity contribution in [1.29, 1.82) is 0 Å². The molecule has 8 nitrogen and oxygen atoms in total. The zero-order chi connectivity index (χ0) is 26.6. The number of aromatic nitrogens is 2. The molecular weight excluding hydrogens is 494 g/mol. The van der Waals surface area contributed by atoms with Gasteiger partial charge in [-0.1, -0.05) is 24.3 Å². The summed E-state index contributed by atoms with van der Waals surface area (Å²) >= 11 is 0. The lowest BCUT2D eigenvalue weighted by Gasteiger charge is -2.14. The summed E-state index contributed by atoms with van der Waals surface area (Å²) in [5, 5.41) is 6.54. The van der Waals surface area contributed by atoms with Gasteiger partial charge in [-0.15, -0.1) is 0 Å². The van der Waals surface area contributed by atoms with Crippen LogP contribution in [0.2, 0.25) is 0 Å². The molecular formula is C28H26F2N4O4. The standard InChI is InChI=1S/C28H26F2N4O4/c1-37-28(36)25-24(33-27(35)18-6-3-2-4-7-18)21-13-19(31-14-17-9-10-22(29)23(30)12-17)15-32-26(21)34(25)16-20-8-5-11-38-20/h2-4,6-7,9-10,12-13,15,20,31H,5,8,11,14,16H2,1H3,(H,33,35)/t20-/m1/s1. The number of anilines is 2. The number of carbonyl (C=O) groups is 2. The zero-order valence-electron chi connectivity index (χ0n) is 20.7. The molecule has 1 saturated heterocycles. The number of nitrogens with zero attached hydrogens (tertiary/aromatic N) is 2. The van der Waals surface area contributed by atoms with E-state index in [0.717, 1.165) is 25.0 Å². The Morgan fingerprint density at radius 1 is 1.13 bits per heavy atom. The van der Waals surface area contributed by atoms with Crippen LogP contribution in [0.5, 0.6) is 0 Å². The van der Waals surface area contributed by atoms with Crippen molar-refractivity contribution in [3.05, 3.63) is 89.2 Å². The number of halogens is 2. The van der Waals surface area contributed by atoms with Crippen LogP contribution < -0.4 is 10.6 Å². The van der Waals surface area contributed by atoms with Crippen LogP contribution in [-0.4, -0.2) is 41.2 Å². The molecule has 0 spiro atoms. The van der Waals surface area contributed by atoms with Crippen LogP contribution in [0.25, 0.3) is 11.0 Å². The molecule has 3 heterocycles. The molecule has 2 aromatic heterocycles. The van der Waals surface area contributed by atoms with E-state index >= 15 is 0 Å². The lowest BCUT2D eigenvalue weighted by Crippen LogP contribution is -2.21. The van der Waals surface area contributed by atoms with E-state index in [1.54, 1.807) is 47.2 Å². The van der Waals surface area contributed by atoms with Crippen LogP contribution in [0, 0.1) is 11.6 Å². The molecule has 5 rings (SSSR count). The highest BCUT2D eigenvalue weighted by Gasteiger charge is 2.29. The molecule has 0 unspecified atom stereocenters. The number of pyridine rings is 1. The second-order valence-electron chi connectivity index (χ2n) is 8.98.